The molecule has 0 aromatic carbocycles. The van der Waals surface area contributed by atoms with Crippen LogP contribution in [0.15, 0.2) is 23.3 Å². The summed E-state index contributed by atoms with van der Waals surface area (Å²) in [5.41, 5.74) is -1.05. The molecule has 5 aliphatic rings. The molecular weight excluding hydrogens is 470 g/mol. The van der Waals surface area contributed by atoms with Crippen LogP contribution < -0.4 is 0 Å². The lowest BCUT2D eigenvalue weighted by atomic mass is 9.34. The number of hydrogen-bond donors (Lipinski definition) is 0. The van der Waals surface area contributed by atoms with E-state index >= 15 is 0 Å². The minimum Gasteiger partial charge on any atom is -0.295 e. The van der Waals surface area contributed by atoms with Crippen LogP contribution in [0.2, 0.25) is 0 Å². The van der Waals surface area contributed by atoms with E-state index in [1.165, 1.54) is 0 Å². The molecule has 0 amide bonds. The molecule has 7 unspecified atom stereocenters. The van der Waals surface area contributed by atoms with Crippen LogP contribution in [0.3, 0.4) is 0 Å². The van der Waals surface area contributed by atoms with E-state index in [0.29, 0.717) is 0 Å². The van der Waals surface area contributed by atoms with Gasteiger partial charge in [-0.1, -0.05) is 60.1 Å². The van der Waals surface area contributed by atoms with Gasteiger partial charge in [-0.05, 0) is 90.7 Å². The summed E-state index contributed by atoms with van der Waals surface area (Å²) < 4.78 is 0. The standard InChI is InChI=1S/C31H40ClNO3/c1-26(2)10-12-31(25(32)36)13-11-30(7)23(19(31)16-26)20(34)14-22-28(5)15-18(17-33)24(35)27(3,4)21(28)8-9-29(22,30)6/h14-15,19,21,23H,8-13,16H2,1-7H3. The Morgan fingerprint density at radius 1 is 1.00 bits per heavy atom. The molecule has 3 saturated carbocycles. The molecule has 0 spiro atoms. The average molecular weight is 510 g/mol. The lowest BCUT2D eigenvalue weighted by Crippen LogP contribution is -2.65. The molecule has 194 valence electrons. The van der Waals surface area contributed by atoms with Gasteiger partial charge in [0.25, 0.3) is 0 Å². The van der Waals surface area contributed by atoms with Crippen molar-refractivity contribution in [1.82, 2.24) is 0 Å². The Morgan fingerprint density at radius 3 is 2.25 bits per heavy atom. The Labute approximate surface area is 220 Å². The summed E-state index contributed by atoms with van der Waals surface area (Å²) in [6.07, 6.45) is 9.56. The van der Waals surface area contributed by atoms with Crippen molar-refractivity contribution < 1.29 is 14.4 Å². The van der Waals surface area contributed by atoms with Crippen LogP contribution >= 0.6 is 11.6 Å². The van der Waals surface area contributed by atoms with Gasteiger partial charge in [0, 0.05) is 22.2 Å². The Kier molecular flexibility index (Phi) is 5.35. The number of carbonyl (C=O) groups excluding carboxylic acids is 3. The van der Waals surface area contributed by atoms with Gasteiger partial charge in [-0.3, -0.25) is 14.4 Å². The highest BCUT2D eigenvalue weighted by Gasteiger charge is 2.70. The second kappa shape index (κ2) is 7.43. The van der Waals surface area contributed by atoms with Gasteiger partial charge in [0.15, 0.2) is 11.6 Å². The van der Waals surface area contributed by atoms with Crippen molar-refractivity contribution >= 4 is 28.4 Å². The third-order valence-electron chi connectivity index (χ3n) is 12.3. The fraction of sp³-hybridized carbons (Fsp3) is 0.742. The molecule has 0 aromatic heterocycles. The number of Topliss-reactive ketones (excluding diaryl/α,β-unsaturated/α-hetero) is 1. The van der Waals surface area contributed by atoms with Crippen molar-refractivity contribution in [2.24, 2.45) is 50.2 Å². The zero-order chi connectivity index (χ0) is 26.7. The van der Waals surface area contributed by atoms with E-state index in [4.69, 9.17) is 11.6 Å². The molecule has 0 aromatic rings. The first kappa shape index (κ1) is 25.9. The Balaban J connectivity index is 1.71. The number of ketones is 2. The third-order valence-corrected chi connectivity index (χ3v) is 12.6. The van der Waals surface area contributed by atoms with Gasteiger partial charge in [-0.2, -0.15) is 5.26 Å². The van der Waals surface area contributed by atoms with E-state index < -0.39 is 16.2 Å². The number of carbonyl (C=O) groups is 3. The van der Waals surface area contributed by atoms with E-state index in [2.05, 4.69) is 40.7 Å². The van der Waals surface area contributed by atoms with E-state index in [9.17, 15) is 19.6 Å². The van der Waals surface area contributed by atoms with Crippen LogP contribution in [0.5, 0.6) is 0 Å². The van der Waals surface area contributed by atoms with Crippen molar-refractivity contribution in [3.8, 4) is 6.07 Å². The molecule has 36 heavy (non-hydrogen) atoms. The smallest absolute Gasteiger partial charge is 0.228 e. The topological polar surface area (TPSA) is 75.0 Å². The number of nitrogens with zero attached hydrogens (tertiary/aromatic N) is 1. The predicted octanol–water partition coefficient (Wildman–Crippen LogP) is 6.97. The molecule has 5 heteroatoms. The fourth-order valence-corrected chi connectivity index (χ4v) is 10.3. The summed E-state index contributed by atoms with van der Waals surface area (Å²) in [6.45, 7) is 15.2. The third kappa shape index (κ3) is 2.96. The molecule has 5 rings (SSSR count). The normalized spacial score (nSPS) is 46.7. The van der Waals surface area contributed by atoms with E-state index in [1.54, 1.807) is 0 Å². The van der Waals surface area contributed by atoms with Gasteiger partial charge in [0.05, 0.1) is 5.57 Å². The molecule has 7 atom stereocenters. The summed E-state index contributed by atoms with van der Waals surface area (Å²) in [6, 6.07) is 2.16. The maximum atomic E-state index is 14.3. The van der Waals surface area contributed by atoms with Crippen molar-refractivity contribution in [3.05, 3.63) is 23.3 Å². The summed E-state index contributed by atoms with van der Waals surface area (Å²) in [5.74, 6) is -0.261. The van der Waals surface area contributed by atoms with Crippen molar-refractivity contribution in [3.63, 3.8) is 0 Å². The van der Waals surface area contributed by atoms with Crippen LogP contribution in [-0.4, -0.2) is 16.8 Å². The molecule has 3 fully saturated rings. The van der Waals surface area contributed by atoms with Crippen LogP contribution in [0.1, 0.15) is 93.4 Å². The molecule has 0 aliphatic heterocycles. The average Bonchev–Trinajstić information content (AvgIpc) is 2.77. The van der Waals surface area contributed by atoms with Gasteiger partial charge >= 0.3 is 0 Å². The van der Waals surface area contributed by atoms with E-state index in [-0.39, 0.29) is 56.4 Å². The minimum absolute atomic E-state index is 0.0302. The first-order valence-electron chi connectivity index (χ1n) is 13.6. The maximum Gasteiger partial charge on any atom is 0.228 e. The molecule has 0 saturated heterocycles. The van der Waals surface area contributed by atoms with Gasteiger partial charge in [0.2, 0.25) is 5.24 Å². The molecule has 4 nitrogen and oxygen atoms in total. The molecule has 0 heterocycles. The maximum absolute atomic E-state index is 14.3. The van der Waals surface area contributed by atoms with Crippen LogP contribution in [0.25, 0.3) is 0 Å². The fourth-order valence-electron chi connectivity index (χ4n) is 9.98. The Hall–Kier alpha value is -1.73. The van der Waals surface area contributed by atoms with Crippen LogP contribution in [0, 0.1) is 61.6 Å². The predicted molar refractivity (Wildman–Crippen MR) is 140 cm³/mol. The van der Waals surface area contributed by atoms with Crippen molar-refractivity contribution in [2.75, 3.05) is 0 Å². The minimum atomic E-state index is -0.669. The molecule has 0 N–H and O–H groups in total. The van der Waals surface area contributed by atoms with E-state index in [0.717, 1.165) is 50.5 Å². The Morgan fingerprint density at radius 2 is 1.64 bits per heavy atom. The first-order chi connectivity index (χ1) is 16.5. The summed E-state index contributed by atoms with van der Waals surface area (Å²) in [5, 5.41) is 9.58. The van der Waals surface area contributed by atoms with Gasteiger partial charge in [0.1, 0.15) is 6.07 Å². The lowest BCUT2D eigenvalue weighted by Gasteiger charge is -2.68. The summed E-state index contributed by atoms with van der Waals surface area (Å²) in [4.78, 5) is 40.4. The molecule has 0 radical (unpaired) electrons. The first-order valence-corrected chi connectivity index (χ1v) is 14.0. The second-order valence-electron chi connectivity index (χ2n) is 14.7. The second-order valence-corrected chi connectivity index (χ2v) is 15.0. The lowest BCUT2D eigenvalue weighted by molar-refractivity contribution is -0.173. The van der Waals surface area contributed by atoms with Crippen LogP contribution in [0.4, 0.5) is 0 Å². The monoisotopic (exact) mass is 509 g/mol. The van der Waals surface area contributed by atoms with Crippen molar-refractivity contribution in [1.29, 1.82) is 5.26 Å². The van der Waals surface area contributed by atoms with E-state index in [1.807, 2.05) is 26.0 Å². The van der Waals surface area contributed by atoms with Gasteiger partial charge in [-0.25, -0.2) is 0 Å². The Bertz CT molecular complexity index is 1190. The number of rotatable bonds is 1. The number of allylic oxidation sites excluding steroid dienone is 4. The highest BCUT2D eigenvalue weighted by atomic mass is 35.5. The number of fused-ring (bicyclic) bond motifs is 7. The molecule has 5 aliphatic carbocycles. The van der Waals surface area contributed by atoms with Gasteiger partial charge in [-0.15, -0.1) is 0 Å². The summed E-state index contributed by atoms with van der Waals surface area (Å²) in [7, 11) is 0. The number of halogens is 1. The van der Waals surface area contributed by atoms with Gasteiger partial charge < -0.3 is 0 Å². The number of hydrogen-bond acceptors (Lipinski definition) is 4. The zero-order valence-electron chi connectivity index (χ0n) is 22.9. The zero-order valence-corrected chi connectivity index (χ0v) is 23.6. The van der Waals surface area contributed by atoms with Crippen molar-refractivity contribution in [2.45, 2.75) is 93.4 Å². The molecular formula is C31H40ClNO3. The number of nitriles is 1. The SMILES string of the molecule is CC1(C)CCC2(C(=O)Cl)CCC3(C)C(C(=O)C=C4C5(C)C=C(C#N)C(=O)C(C)(C)C5CCC43C)C2C1. The largest absolute Gasteiger partial charge is 0.295 e. The summed E-state index contributed by atoms with van der Waals surface area (Å²) >= 11 is 6.36. The highest BCUT2D eigenvalue weighted by Crippen LogP contribution is 2.74. The van der Waals surface area contributed by atoms with Crippen LogP contribution in [-0.2, 0) is 14.4 Å². The molecule has 0 bridgehead atoms. The quantitative estimate of drug-likeness (QED) is 0.357. The highest BCUT2D eigenvalue weighted by molar-refractivity contribution is 6.64.